The molecule has 0 saturated carbocycles. The number of halogens is 1. The predicted molar refractivity (Wildman–Crippen MR) is 140 cm³/mol. The monoisotopic (exact) mass is 572 g/mol. The van der Waals surface area contributed by atoms with Gasteiger partial charge in [0, 0.05) is 13.2 Å². The van der Waals surface area contributed by atoms with Crippen molar-refractivity contribution in [2.75, 3.05) is 12.4 Å². The number of amides is 2. The number of carboxylic acids is 1. The van der Waals surface area contributed by atoms with Gasteiger partial charge in [0.2, 0.25) is 5.91 Å². The fourth-order valence-corrected chi connectivity index (χ4v) is 4.72. The lowest BCUT2D eigenvalue weighted by Crippen LogP contribution is -2.55. The highest BCUT2D eigenvalue weighted by molar-refractivity contribution is 7.60. The van der Waals surface area contributed by atoms with E-state index in [0.717, 1.165) is 12.1 Å². The molecule has 3 aromatic rings. The summed E-state index contributed by atoms with van der Waals surface area (Å²) in [5.41, 5.74) is 0.120. The van der Waals surface area contributed by atoms with Crippen LogP contribution in [0.1, 0.15) is 37.9 Å². The Bertz CT molecular complexity index is 1520. The molecule has 2 aromatic carbocycles. The van der Waals surface area contributed by atoms with Gasteiger partial charge in [-0.1, -0.05) is 18.2 Å². The Balaban J connectivity index is 1.63. The summed E-state index contributed by atoms with van der Waals surface area (Å²) in [5.74, 6) is -4.93. The number of carbonyl (C=O) groups excluding carboxylic acids is 2. The molecule has 13 nitrogen and oxygen atoms in total. The van der Waals surface area contributed by atoms with E-state index < -0.39 is 55.6 Å². The summed E-state index contributed by atoms with van der Waals surface area (Å²) in [6.45, 7) is 0. The zero-order valence-corrected chi connectivity index (χ0v) is 21.6. The molecule has 0 unspecified atom stereocenters. The van der Waals surface area contributed by atoms with Gasteiger partial charge < -0.3 is 40.5 Å². The molecule has 40 heavy (non-hydrogen) atoms. The summed E-state index contributed by atoms with van der Waals surface area (Å²) in [7, 11) is -5.00. The largest absolute Gasteiger partial charge is 0.547 e. The quantitative estimate of drug-likeness (QED) is 0.145. The lowest BCUT2D eigenvalue weighted by molar-refractivity contribution is -0.123. The summed E-state index contributed by atoms with van der Waals surface area (Å²) in [5, 5.41) is 26.8. The Kier molecular flexibility index (Phi) is 8.21. The van der Waals surface area contributed by atoms with Crippen LogP contribution in [-0.4, -0.2) is 62.8 Å². The highest BCUT2D eigenvalue weighted by Gasteiger charge is 2.39. The molecule has 2 heterocycles. The molecule has 0 bridgehead atoms. The maximum atomic E-state index is 14.6. The van der Waals surface area contributed by atoms with Crippen molar-refractivity contribution in [1.82, 2.24) is 15.6 Å². The highest BCUT2D eigenvalue weighted by Crippen LogP contribution is 2.35. The minimum atomic E-state index is -4.96. The first-order valence-electron chi connectivity index (χ1n) is 11.7. The van der Waals surface area contributed by atoms with Crippen molar-refractivity contribution < 1.29 is 47.9 Å². The van der Waals surface area contributed by atoms with E-state index in [0.29, 0.717) is 17.4 Å². The van der Waals surface area contributed by atoms with Gasteiger partial charge in [-0.05, 0) is 47.9 Å². The molecular weight excluding hydrogens is 549 g/mol. The summed E-state index contributed by atoms with van der Waals surface area (Å²) in [4.78, 5) is 60.6. The Morgan fingerprint density at radius 2 is 1.93 bits per heavy atom. The van der Waals surface area contributed by atoms with Crippen LogP contribution in [0.15, 0.2) is 54.7 Å². The molecule has 0 aliphatic carbocycles. The van der Waals surface area contributed by atoms with Gasteiger partial charge in [0.05, 0.1) is 22.4 Å². The molecule has 1 aliphatic heterocycles. The fraction of sp³-hybridized carbons (Fsp3) is 0.167. The first-order valence-corrected chi connectivity index (χ1v) is 13.3. The molecule has 0 spiro atoms. The number of aromatic nitrogens is 1. The molecule has 0 radical (unpaired) electrons. The first kappa shape index (κ1) is 28.7. The predicted octanol–water partition coefficient (Wildman–Crippen LogP) is 0.374. The van der Waals surface area contributed by atoms with Crippen molar-refractivity contribution in [3.8, 4) is 5.75 Å². The highest BCUT2D eigenvalue weighted by atomic mass is 31.2. The fourth-order valence-electron chi connectivity index (χ4n) is 4.11. The van der Waals surface area contributed by atoms with Crippen LogP contribution in [0.4, 0.5) is 10.2 Å². The van der Waals surface area contributed by atoms with E-state index >= 15 is 0 Å². The number of rotatable bonds is 8. The van der Waals surface area contributed by atoms with Gasteiger partial charge in [-0.3, -0.25) is 14.2 Å². The standard InChI is InChI=1S/C24H23BFN4O9P/c1-27-19-8-6-14(11-28-19)22(31)30-20(12-5-7-17(16(26)9-12)40(36,37)38)23(32)29-18-10-13-3-2-4-15(24(33)34)21(13)39-25(18)35/h2-9,11,18,20,35H,10H2,1H3,(H,27,28)(H,29,32)(H,30,31)(H,33,34)(H2,36,37,38)/t18-,20+/m0/s1. The van der Waals surface area contributed by atoms with Gasteiger partial charge >= 0.3 is 20.7 Å². The molecule has 1 aromatic heterocycles. The van der Waals surface area contributed by atoms with Crippen molar-refractivity contribution in [2.45, 2.75) is 18.4 Å². The summed E-state index contributed by atoms with van der Waals surface area (Å²) in [6, 6.07) is 8.28. The summed E-state index contributed by atoms with van der Waals surface area (Å²) >= 11 is 0. The maximum absolute atomic E-state index is 14.6. The molecule has 7 N–H and O–H groups in total. The smallest absolute Gasteiger partial charge is 0.534 e. The number of nitrogens with one attached hydrogen (secondary N) is 3. The van der Waals surface area contributed by atoms with Gasteiger partial charge in [0.1, 0.15) is 23.4 Å². The third-order valence-electron chi connectivity index (χ3n) is 6.12. The normalized spacial score (nSPS) is 15.3. The molecular formula is C24H23BFN4O9P. The molecule has 1 aliphatic rings. The van der Waals surface area contributed by atoms with E-state index in [2.05, 4.69) is 20.9 Å². The van der Waals surface area contributed by atoms with Crippen LogP contribution < -0.4 is 25.9 Å². The van der Waals surface area contributed by atoms with E-state index in [1.807, 2.05) is 0 Å². The SMILES string of the molecule is CNc1ccc(C(=O)N[C@@H](C(=O)N[C@H]2Cc3cccc(C(=O)O)c3OB2O)c2ccc(P(=O)(O)O)c(F)c2)cn1. The van der Waals surface area contributed by atoms with E-state index in [4.69, 9.17) is 4.65 Å². The second-order valence-corrected chi connectivity index (χ2v) is 10.3. The number of benzene rings is 2. The second-order valence-electron chi connectivity index (χ2n) is 8.77. The van der Waals surface area contributed by atoms with E-state index in [-0.39, 0.29) is 28.9 Å². The number of nitrogens with zero attached hydrogens (tertiary/aromatic N) is 1. The Morgan fingerprint density at radius 1 is 1.18 bits per heavy atom. The van der Waals surface area contributed by atoms with Crippen LogP contribution >= 0.6 is 7.60 Å². The number of carboxylic acid groups (broad SMARTS) is 1. The summed E-state index contributed by atoms with van der Waals surface area (Å²) < 4.78 is 31.6. The topological polar surface area (TPSA) is 207 Å². The number of hydrogen-bond acceptors (Lipinski definition) is 8. The number of aromatic carboxylic acids is 1. The van der Waals surface area contributed by atoms with Crippen molar-refractivity contribution >= 4 is 43.6 Å². The second kappa shape index (κ2) is 11.4. The van der Waals surface area contributed by atoms with Crippen LogP contribution in [-0.2, 0) is 15.8 Å². The van der Waals surface area contributed by atoms with Crippen LogP contribution in [0.2, 0.25) is 0 Å². The third kappa shape index (κ3) is 6.13. The van der Waals surface area contributed by atoms with Gasteiger partial charge in [-0.15, -0.1) is 0 Å². The van der Waals surface area contributed by atoms with E-state index in [1.54, 1.807) is 13.1 Å². The Labute approximate surface area is 226 Å². The van der Waals surface area contributed by atoms with E-state index in [1.165, 1.54) is 30.5 Å². The Morgan fingerprint density at radius 3 is 2.52 bits per heavy atom. The number of fused-ring (bicyclic) bond motifs is 1. The van der Waals surface area contributed by atoms with Gasteiger partial charge in [0.15, 0.2) is 0 Å². The van der Waals surface area contributed by atoms with Gasteiger partial charge in [-0.2, -0.15) is 0 Å². The average Bonchev–Trinajstić information content (AvgIpc) is 2.90. The lowest BCUT2D eigenvalue weighted by atomic mass is 9.72. The minimum Gasteiger partial charge on any atom is -0.534 e. The van der Waals surface area contributed by atoms with Crippen molar-refractivity contribution in [3.05, 3.63) is 82.8 Å². The number of para-hydroxylation sites is 1. The van der Waals surface area contributed by atoms with Crippen molar-refractivity contribution in [1.29, 1.82) is 0 Å². The van der Waals surface area contributed by atoms with Crippen molar-refractivity contribution in [2.24, 2.45) is 0 Å². The average molecular weight is 572 g/mol. The van der Waals surface area contributed by atoms with Crippen LogP contribution in [0.5, 0.6) is 5.75 Å². The first-order chi connectivity index (χ1) is 18.9. The maximum Gasteiger partial charge on any atom is 0.547 e. The molecule has 2 amide bonds. The number of pyridine rings is 1. The zero-order chi connectivity index (χ0) is 29.2. The van der Waals surface area contributed by atoms with Crippen LogP contribution in [0, 0.1) is 5.82 Å². The third-order valence-corrected chi connectivity index (χ3v) is 7.11. The zero-order valence-electron chi connectivity index (χ0n) is 20.7. The molecule has 16 heteroatoms. The number of anilines is 1. The summed E-state index contributed by atoms with van der Waals surface area (Å²) in [6.07, 6.45) is 1.20. The molecule has 0 saturated heterocycles. The minimum absolute atomic E-state index is 0.0368. The van der Waals surface area contributed by atoms with Crippen LogP contribution in [0.3, 0.4) is 0 Å². The number of hydrogen-bond donors (Lipinski definition) is 7. The van der Waals surface area contributed by atoms with Gasteiger partial charge in [0.25, 0.3) is 5.91 Å². The lowest BCUT2D eigenvalue weighted by Gasteiger charge is -2.30. The van der Waals surface area contributed by atoms with E-state index in [9.17, 15) is 43.3 Å². The molecule has 4 rings (SSSR count). The van der Waals surface area contributed by atoms with Crippen LogP contribution in [0.25, 0.3) is 0 Å². The molecule has 208 valence electrons. The van der Waals surface area contributed by atoms with Crippen molar-refractivity contribution in [3.63, 3.8) is 0 Å². The Hall–Kier alpha value is -4.30. The van der Waals surface area contributed by atoms with Gasteiger partial charge in [-0.25, -0.2) is 14.2 Å². The number of carbonyl (C=O) groups is 3. The molecule has 2 atom stereocenters. The molecule has 0 fully saturated rings.